The normalized spacial score (nSPS) is 18.9. The zero-order valence-corrected chi connectivity index (χ0v) is 12.7. The Balaban J connectivity index is 1.74. The predicted molar refractivity (Wildman–Crippen MR) is 76.5 cm³/mol. The zero-order valence-electron chi connectivity index (χ0n) is 11.9. The number of likely N-dealkylation sites (tertiary alicyclic amines) is 1. The van der Waals surface area contributed by atoms with Gasteiger partial charge in [0, 0.05) is 18.5 Å². The van der Waals surface area contributed by atoms with Crippen LogP contribution in [0.5, 0.6) is 0 Å². The number of hydrogen-bond acceptors (Lipinski definition) is 5. The molecule has 20 heavy (non-hydrogen) atoms. The number of ether oxygens (including phenoxy) is 1. The third kappa shape index (κ3) is 4.30. The summed E-state index contributed by atoms with van der Waals surface area (Å²) in [6.07, 6.45) is 2.32. The molecule has 1 atom stereocenters. The van der Waals surface area contributed by atoms with Crippen molar-refractivity contribution in [2.75, 3.05) is 19.7 Å². The fraction of sp³-hybridized carbons (Fsp3) is 0.643. The first-order valence-electron chi connectivity index (χ1n) is 6.89. The highest BCUT2D eigenvalue weighted by Gasteiger charge is 2.21. The minimum absolute atomic E-state index is 0.0978. The number of esters is 1. The molecule has 1 aliphatic rings. The highest BCUT2D eigenvalue weighted by molar-refractivity contribution is 7.09. The van der Waals surface area contributed by atoms with E-state index in [2.05, 4.69) is 11.9 Å². The van der Waals surface area contributed by atoms with Crippen LogP contribution in [-0.4, -0.2) is 41.5 Å². The first kappa shape index (κ1) is 15.0. The molecule has 6 heteroatoms. The van der Waals surface area contributed by atoms with Crippen LogP contribution >= 0.6 is 11.3 Å². The number of thiazole rings is 1. The smallest absolute Gasteiger partial charge is 0.312 e. The molecule has 2 heterocycles. The van der Waals surface area contributed by atoms with Crippen LogP contribution < -0.4 is 0 Å². The van der Waals surface area contributed by atoms with E-state index in [0.717, 1.165) is 30.9 Å². The molecule has 110 valence electrons. The summed E-state index contributed by atoms with van der Waals surface area (Å²) in [5.41, 5.74) is 0.705. The highest BCUT2D eigenvalue weighted by Crippen LogP contribution is 2.15. The Bertz CT molecular complexity index is 487. The van der Waals surface area contributed by atoms with E-state index in [1.54, 1.807) is 4.90 Å². The van der Waals surface area contributed by atoms with E-state index < -0.39 is 5.97 Å². The second-order valence-electron chi connectivity index (χ2n) is 5.28. The quantitative estimate of drug-likeness (QED) is 0.795. The van der Waals surface area contributed by atoms with Gasteiger partial charge in [-0.1, -0.05) is 6.92 Å². The van der Waals surface area contributed by atoms with Crippen LogP contribution in [-0.2, 0) is 20.7 Å². The number of aryl methyl sites for hydroxylation is 1. The Kier molecular flexibility index (Phi) is 5.11. The van der Waals surface area contributed by atoms with Crippen molar-refractivity contribution in [2.45, 2.75) is 33.1 Å². The number of nitrogens with zero attached hydrogens (tertiary/aromatic N) is 2. The maximum atomic E-state index is 11.9. The monoisotopic (exact) mass is 296 g/mol. The summed E-state index contributed by atoms with van der Waals surface area (Å²) in [7, 11) is 0. The number of piperidine rings is 1. The molecule has 2 rings (SSSR count). The van der Waals surface area contributed by atoms with Gasteiger partial charge in [-0.05, 0) is 25.7 Å². The van der Waals surface area contributed by atoms with Crippen molar-refractivity contribution in [3.8, 4) is 0 Å². The van der Waals surface area contributed by atoms with Crippen LogP contribution in [0.4, 0.5) is 0 Å². The number of amides is 1. The fourth-order valence-corrected chi connectivity index (χ4v) is 2.95. The largest absolute Gasteiger partial charge is 0.455 e. The minimum atomic E-state index is -0.395. The van der Waals surface area contributed by atoms with Gasteiger partial charge in [0.25, 0.3) is 5.91 Å². The molecule has 1 aliphatic heterocycles. The van der Waals surface area contributed by atoms with Crippen molar-refractivity contribution >= 4 is 23.2 Å². The Labute approximate surface area is 122 Å². The number of carbonyl (C=O) groups excluding carboxylic acids is 2. The number of aromatic nitrogens is 1. The molecule has 1 amide bonds. The lowest BCUT2D eigenvalue weighted by Crippen LogP contribution is -2.41. The topological polar surface area (TPSA) is 59.5 Å². The van der Waals surface area contributed by atoms with Gasteiger partial charge in [-0.15, -0.1) is 11.3 Å². The second kappa shape index (κ2) is 6.83. The van der Waals surface area contributed by atoms with Crippen LogP contribution in [0.1, 0.15) is 30.5 Å². The van der Waals surface area contributed by atoms with E-state index in [1.165, 1.54) is 11.3 Å². The fourth-order valence-electron chi connectivity index (χ4n) is 2.34. The maximum Gasteiger partial charge on any atom is 0.312 e. The van der Waals surface area contributed by atoms with E-state index in [0.29, 0.717) is 11.6 Å². The van der Waals surface area contributed by atoms with Crippen molar-refractivity contribution in [1.29, 1.82) is 0 Å². The van der Waals surface area contributed by atoms with Gasteiger partial charge in [-0.25, -0.2) is 4.98 Å². The lowest BCUT2D eigenvalue weighted by atomic mass is 10.0. The molecule has 1 aromatic heterocycles. The standard InChI is InChI=1S/C14H20N2O3S/c1-10-4-3-5-16(7-10)13(17)8-19-14(18)6-12-9-20-11(2)15-12/h9-10H,3-8H2,1-2H3. The molecule has 0 bridgehead atoms. The second-order valence-corrected chi connectivity index (χ2v) is 6.34. The number of carbonyl (C=O) groups is 2. The summed E-state index contributed by atoms with van der Waals surface area (Å²) in [5.74, 6) is 0.0365. The van der Waals surface area contributed by atoms with Crippen LogP contribution in [0.3, 0.4) is 0 Å². The van der Waals surface area contributed by atoms with Gasteiger partial charge in [0.05, 0.1) is 17.1 Å². The molecule has 0 aliphatic carbocycles. The molecule has 0 aromatic carbocycles. The van der Waals surface area contributed by atoms with Gasteiger partial charge in [0.15, 0.2) is 6.61 Å². The summed E-state index contributed by atoms with van der Waals surface area (Å²) in [4.78, 5) is 29.6. The van der Waals surface area contributed by atoms with Crippen molar-refractivity contribution in [1.82, 2.24) is 9.88 Å². The molecule has 0 saturated carbocycles. The Morgan fingerprint density at radius 3 is 3.00 bits per heavy atom. The molecule has 5 nitrogen and oxygen atoms in total. The molecule has 1 aromatic rings. The first-order chi connectivity index (χ1) is 9.54. The average molecular weight is 296 g/mol. The number of hydrogen-bond donors (Lipinski definition) is 0. The Morgan fingerprint density at radius 1 is 1.55 bits per heavy atom. The van der Waals surface area contributed by atoms with Gasteiger partial charge >= 0.3 is 5.97 Å². The molecule has 1 fully saturated rings. The molecule has 1 unspecified atom stereocenters. The summed E-state index contributed by atoms with van der Waals surface area (Å²) < 4.78 is 5.04. The maximum absolute atomic E-state index is 11.9. The van der Waals surface area contributed by atoms with Crippen LogP contribution in [0.2, 0.25) is 0 Å². The zero-order chi connectivity index (χ0) is 14.5. The van der Waals surface area contributed by atoms with E-state index in [1.807, 2.05) is 12.3 Å². The van der Waals surface area contributed by atoms with Gasteiger partial charge in [0.1, 0.15) is 0 Å². The lowest BCUT2D eigenvalue weighted by Gasteiger charge is -2.30. The first-order valence-corrected chi connectivity index (χ1v) is 7.77. The van der Waals surface area contributed by atoms with Gasteiger partial charge in [-0.3, -0.25) is 9.59 Å². The average Bonchev–Trinajstić information content (AvgIpc) is 2.81. The molecule has 0 spiro atoms. The van der Waals surface area contributed by atoms with Crippen LogP contribution in [0.25, 0.3) is 0 Å². The third-order valence-electron chi connectivity index (χ3n) is 3.36. The van der Waals surface area contributed by atoms with Crippen molar-refractivity contribution in [3.05, 3.63) is 16.1 Å². The lowest BCUT2D eigenvalue weighted by molar-refractivity contribution is -0.152. The van der Waals surface area contributed by atoms with Crippen molar-refractivity contribution in [3.63, 3.8) is 0 Å². The van der Waals surface area contributed by atoms with E-state index in [4.69, 9.17) is 4.74 Å². The van der Waals surface area contributed by atoms with E-state index in [9.17, 15) is 9.59 Å². The van der Waals surface area contributed by atoms with Gasteiger partial charge in [0.2, 0.25) is 0 Å². The van der Waals surface area contributed by atoms with Crippen LogP contribution in [0, 0.1) is 12.8 Å². The Morgan fingerprint density at radius 2 is 2.35 bits per heavy atom. The van der Waals surface area contributed by atoms with Crippen LogP contribution in [0.15, 0.2) is 5.38 Å². The molecule has 0 N–H and O–H groups in total. The van der Waals surface area contributed by atoms with Gasteiger partial charge in [-0.2, -0.15) is 0 Å². The summed E-state index contributed by atoms with van der Waals surface area (Å²) >= 11 is 1.50. The summed E-state index contributed by atoms with van der Waals surface area (Å²) in [5, 5.41) is 2.76. The van der Waals surface area contributed by atoms with E-state index >= 15 is 0 Å². The predicted octanol–water partition coefficient (Wildman–Crippen LogP) is 1.80. The van der Waals surface area contributed by atoms with Crippen molar-refractivity contribution in [2.24, 2.45) is 5.92 Å². The summed E-state index contributed by atoms with van der Waals surface area (Å²) in [6, 6.07) is 0. The number of rotatable bonds is 4. The van der Waals surface area contributed by atoms with Crippen molar-refractivity contribution < 1.29 is 14.3 Å². The molecular weight excluding hydrogens is 276 g/mol. The van der Waals surface area contributed by atoms with Gasteiger partial charge < -0.3 is 9.64 Å². The molecular formula is C14H20N2O3S. The Hall–Kier alpha value is -1.43. The summed E-state index contributed by atoms with van der Waals surface area (Å²) in [6.45, 7) is 5.40. The molecule has 0 radical (unpaired) electrons. The SMILES string of the molecule is Cc1nc(CC(=O)OCC(=O)N2CCCC(C)C2)cs1. The molecule has 1 saturated heterocycles. The minimum Gasteiger partial charge on any atom is -0.455 e. The third-order valence-corrected chi connectivity index (χ3v) is 4.18. The highest BCUT2D eigenvalue weighted by atomic mass is 32.1. The van der Waals surface area contributed by atoms with E-state index in [-0.39, 0.29) is 18.9 Å².